The molecule has 0 saturated carbocycles. The number of ether oxygens (including phenoxy) is 2. The van der Waals surface area contributed by atoms with Crippen LogP contribution in [0.1, 0.15) is 5.56 Å². The number of nitrogens with zero attached hydrogens (tertiary/aromatic N) is 2. The number of guanidine groups is 2. The largest absolute Gasteiger partial charge is 0.454 e. The quantitative estimate of drug-likeness (QED) is 0.588. The SMILES string of the molecule is NC(N)=NC(=NCc1ccc2c(c1)OCO2)Nc1ccc(F)cc1. The monoisotopic (exact) mass is 329 g/mol. The van der Waals surface area contributed by atoms with E-state index in [0.717, 1.165) is 5.56 Å². The summed E-state index contributed by atoms with van der Waals surface area (Å²) in [5.41, 5.74) is 12.4. The molecule has 0 unspecified atom stereocenters. The molecule has 2 aromatic carbocycles. The van der Waals surface area contributed by atoms with Crippen molar-refractivity contribution in [3.63, 3.8) is 0 Å². The molecule has 0 aromatic heterocycles. The standard InChI is InChI=1S/C16H16FN5O2/c17-11-2-4-12(5-3-11)21-16(22-15(18)19)20-8-10-1-6-13-14(7-10)24-9-23-13/h1-7H,8-9H2,(H5,18,19,20,21,22). The fourth-order valence-corrected chi connectivity index (χ4v) is 2.09. The van der Waals surface area contributed by atoms with Gasteiger partial charge in [0.25, 0.3) is 0 Å². The van der Waals surface area contributed by atoms with Crippen LogP contribution in [0.15, 0.2) is 52.4 Å². The first-order valence-electron chi connectivity index (χ1n) is 7.15. The summed E-state index contributed by atoms with van der Waals surface area (Å²) in [4.78, 5) is 8.29. The molecule has 0 radical (unpaired) electrons. The maximum absolute atomic E-state index is 13.0. The summed E-state index contributed by atoms with van der Waals surface area (Å²) in [5, 5.41) is 2.94. The lowest BCUT2D eigenvalue weighted by molar-refractivity contribution is 0.174. The van der Waals surface area contributed by atoms with Gasteiger partial charge in [0, 0.05) is 5.69 Å². The lowest BCUT2D eigenvalue weighted by Crippen LogP contribution is -2.26. The van der Waals surface area contributed by atoms with Crippen molar-refractivity contribution in [1.29, 1.82) is 0 Å². The van der Waals surface area contributed by atoms with Crippen LogP contribution in [-0.2, 0) is 6.54 Å². The average molecular weight is 329 g/mol. The molecule has 0 amide bonds. The lowest BCUT2D eigenvalue weighted by Gasteiger charge is -2.07. The van der Waals surface area contributed by atoms with Crippen molar-refractivity contribution >= 4 is 17.6 Å². The van der Waals surface area contributed by atoms with Crippen LogP contribution in [0, 0.1) is 5.82 Å². The zero-order chi connectivity index (χ0) is 16.9. The number of nitrogens with two attached hydrogens (primary N) is 2. The van der Waals surface area contributed by atoms with Crippen LogP contribution in [0.5, 0.6) is 11.5 Å². The number of halogens is 1. The summed E-state index contributed by atoms with van der Waals surface area (Å²) in [5.74, 6) is 1.14. The third kappa shape index (κ3) is 3.92. The van der Waals surface area contributed by atoms with Crippen LogP contribution in [0.4, 0.5) is 10.1 Å². The number of anilines is 1. The van der Waals surface area contributed by atoms with Crippen molar-refractivity contribution in [1.82, 2.24) is 0 Å². The molecule has 1 heterocycles. The summed E-state index contributed by atoms with van der Waals surface area (Å²) in [6.07, 6.45) is 0. The van der Waals surface area contributed by atoms with E-state index >= 15 is 0 Å². The molecule has 0 bridgehead atoms. The molecule has 24 heavy (non-hydrogen) atoms. The van der Waals surface area contributed by atoms with Crippen molar-refractivity contribution < 1.29 is 13.9 Å². The van der Waals surface area contributed by atoms with Gasteiger partial charge in [-0.3, -0.25) is 0 Å². The molecular weight excluding hydrogens is 313 g/mol. The van der Waals surface area contributed by atoms with Crippen molar-refractivity contribution in [2.75, 3.05) is 12.1 Å². The molecule has 2 aromatic rings. The van der Waals surface area contributed by atoms with Crippen LogP contribution in [-0.4, -0.2) is 18.7 Å². The highest BCUT2D eigenvalue weighted by atomic mass is 19.1. The molecule has 3 rings (SSSR count). The fraction of sp³-hybridized carbons (Fsp3) is 0.125. The van der Waals surface area contributed by atoms with E-state index in [-0.39, 0.29) is 24.5 Å². The lowest BCUT2D eigenvalue weighted by atomic mass is 10.2. The van der Waals surface area contributed by atoms with Crippen LogP contribution < -0.4 is 26.3 Å². The van der Waals surface area contributed by atoms with Crippen LogP contribution in [0.25, 0.3) is 0 Å². The van der Waals surface area contributed by atoms with E-state index in [0.29, 0.717) is 23.7 Å². The zero-order valence-electron chi connectivity index (χ0n) is 12.7. The van der Waals surface area contributed by atoms with E-state index < -0.39 is 0 Å². The highest BCUT2D eigenvalue weighted by molar-refractivity contribution is 6.01. The van der Waals surface area contributed by atoms with Crippen molar-refractivity contribution in [3.05, 3.63) is 53.8 Å². The first kappa shape index (κ1) is 15.6. The number of aliphatic imine (C=N–C) groups is 2. The minimum atomic E-state index is -0.332. The third-order valence-corrected chi connectivity index (χ3v) is 3.18. The molecule has 0 fully saturated rings. The normalized spacial score (nSPS) is 12.8. The van der Waals surface area contributed by atoms with Gasteiger partial charge >= 0.3 is 0 Å². The molecule has 0 aliphatic carbocycles. The van der Waals surface area contributed by atoms with E-state index in [2.05, 4.69) is 15.3 Å². The van der Waals surface area contributed by atoms with E-state index in [1.54, 1.807) is 12.1 Å². The number of hydrogen-bond donors (Lipinski definition) is 3. The Hall–Kier alpha value is -3.29. The average Bonchev–Trinajstić information content (AvgIpc) is 3.02. The maximum Gasteiger partial charge on any atom is 0.231 e. The van der Waals surface area contributed by atoms with Crippen molar-refractivity contribution in [3.8, 4) is 11.5 Å². The predicted octanol–water partition coefficient (Wildman–Crippen LogP) is 1.80. The van der Waals surface area contributed by atoms with E-state index in [1.807, 2.05) is 18.2 Å². The second-order valence-electron chi connectivity index (χ2n) is 5.00. The minimum Gasteiger partial charge on any atom is -0.454 e. The Balaban J connectivity index is 1.76. The number of rotatable bonds is 3. The predicted molar refractivity (Wildman–Crippen MR) is 89.5 cm³/mol. The van der Waals surface area contributed by atoms with Gasteiger partial charge in [0.05, 0.1) is 6.54 Å². The van der Waals surface area contributed by atoms with Gasteiger partial charge in [-0.25, -0.2) is 9.38 Å². The Morgan fingerprint density at radius 1 is 1.08 bits per heavy atom. The minimum absolute atomic E-state index is 0.131. The Morgan fingerprint density at radius 2 is 1.83 bits per heavy atom. The zero-order valence-corrected chi connectivity index (χ0v) is 12.7. The first-order valence-corrected chi connectivity index (χ1v) is 7.15. The molecule has 7 nitrogen and oxygen atoms in total. The van der Waals surface area contributed by atoms with Gasteiger partial charge in [-0.1, -0.05) is 6.07 Å². The van der Waals surface area contributed by atoms with Gasteiger partial charge in [0.15, 0.2) is 17.5 Å². The molecule has 1 aliphatic rings. The molecule has 8 heteroatoms. The Labute approximate surface area is 137 Å². The molecule has 1 aliphatic heterocycles. The second-order valence-corrected chi connectivity index (χ2v) is 5.00. The Bertz CT molecular complexity index is 786. The van der Waals surface area contributed by atoms with Gasteiger partial charge in [0.1, 0.15) is 5.82 Å². The molecule has 5 N–H and O–H groups in total. The van der Waals surface area contributed by atoms with Crippen molar-refractivity contribution in [2.45, 2.75) is 6.54 Å². The summed E-state index contributed by atoms with van der Waals surface area (Å²) in [6.45, 7) is 0.546. The second kappa shape index (κ2) is 6.86. The summed E-state index contributed by atoms with van der Waals surface area (Å²) in [6, 6.07) is 11.3. The van der Waals surface area contributed by atoms with Crippen molar-refractivity contribution in [2.24, 2.45) is 21.5 Å². The van der Waals surface area contributed by atoms with E-state index in [4.69, 9.17) is 20.9 Å². The highest BCUT2D eigenvalue weighted by Gasteiger charge is 2.13. The number of fused-ring (bicyclic) bond motifs is 1. The summed E-state index contributed by atoms with van der Waals surface area (Å²) in [7, 11) is 0. The Morgan fingerprint density at radius 3 is 2.58 bits per heavy atom. The Kier molecular flexibility index (Phi) is 4.46. The van der Waals surface area contributed by atoms with Gasteiger partial charge in [-0.05, 0) is 42.0 Å². The highest BCUT2D eigenvalue weighted by Crippen LogP contribution is 2.32. The molecule has 124 valence electrons. The molecule has 0 saturated heterocycles. The van der Waals surface area contributed by atoms with E-state index in [1.165, 1.54) is 12.1 Å². The fourth-order valence-electron chi connectivity index (χ4n) is 2.09. The van der Waals surface area contributed by atoms with Gasteiger partial charge in [0.2, 0.25) is 12.8 Å². The smallest absolute Gasteiger partial charge is 0.231 e. The number of hydrogen-bond acceptors (Lipinski definition) is 3. The van der Waals surface area contributed by atoms with Crippen LogP contribution >= 0.6 is 0 Å². The molecule has 0 atom stereocenters. The molecule has 0 spiro atoms. The maximum atomic E-state index is 13.0. The first-order chi connectivity index (χ1) is 11.6. The third-order valence-electron chi connectivity index (χ3n) is 3.18. The van der Waals surface area contributed by atoms with E-state index in [9.17, 15) is 4.39 Å². The number of nitrogens with one attached hydrogen (secondary N) is 1. The summed E-state index contributed by atoms with van der Waals surface area (Å²) >= 11 is 0. The molecular formula is C16H16FN5O2. The van der Waals surface area contributed by atoms with Gasteiger partial charge in [-0.2, -0.15) is 4.99 Å². The topological polar surface area (TPSA) is 107 Å². The van der Waals surface area contributed by atoms with Crippen LogP contribution in [0.2, 0.25) is 0 Å². The van der Waals surface area contributed by atoms with Crippen LogP contribution in [0.3, 0.4) is 0 Å². The number of benzene rings is 2. The van der Waals surface area contributed by atoms with Gasteiger partial charge < -0.3 is 26.3 Å². The summed E-state index contributed by atoms with van der Waals surface area (Å²) < 4.78 is 23.6. The van der Waals surface area contributed by atoms with Gasteiger partial charge in [-0.15, -0.1) is 0 Å².